The van der Waals surface area contributed by atoms with Crippen molar-refractivity contribution in [3.63, 3.8) is 0 Å². The molecule has 0 saturated carbocycles. The molecule has 0 amide bonds. The van der Waals surface area contributed by atoms with Gasteiger partial charge in [0.1, 0.15) is 11.2 Å². The van der Waals surface area contributed by atoms with Gasteiger partial charge in [-0.05, 0) is 39.8 Å². The highest BCUT2D eigenvalue weighted by Crippen LogP contribution is 2.20. The number of ether oxygens (including phenoxy) is 2. The molecule has 0 bridgehead atoms. The minimum absolute atomic E-state index is 0.0400. The van der Waals surface area contributed by atoms with Crippen molar-refractivity contribution >= 4 is 5.97 Å². The Balaban J connectivity index is 3.00. The van der Waals surface area contributed by atoms with Gasteiger partial charge >= 0.3 is 5.97 Å². The van der Waals surface area contributed by atoms with Crippen LogP contribution >= 0.6 is 0 Å². The van der Waals surface area contributed by atoms with Gasteiger partial charge in [-0.2, -0.15) is 9.37 Å². The van der Waals surface area contributed by atoms with E-state index in [1.807, 2.05) is 0 Å². The standard InChI is InChI=1S/C12H16FNO3/c1-5-16-10-8(6-7-9(13)14-10)11(15)17-12(2,3)4/h6-7H,5H2,1-4H3. The lowest BCUT2D eigenvalue weighted by Crippen LogP contribution is -2.24. The van der Waals surface area contributed by atoms with E-state index in [0.717, 1.165) is 6.07 Å². The molecule has 0 atom stereocenters. The van der Waals surface area contributed by atoms with Crippen LogP contribution in [-0.2, 0) is 4.74 Å². The Bertz CT molecular complexity index is 413. The van der Waals surface area contributed by atoms with Crippen LogP contribution in [-0.4, -0.2) is 23.2 Å². The zero-order valence-corrected chi connectivity index (χ0v) is 10.4. The number of carbonyl (C=O) groups is 1. The molecule has 1 rings (SSSR count). The summed E-state index contributed by atoms with van der Waals surface area (Å²) in [5.41, 5.74) is -0.488. The van der Waals surface area contributed by atoms with Crippen LogP contribution in [0.15, 0.2) is 12.1 Å². The molecule has 0 fully saturated rings. The molecule has 0 radical (unpaired) electrons. The summed E-state index contributed by atoms with van der Waals surface area (Å²) in [5, 5.41) is 0. The first kappa shape index (κ1) is 13.4. The van der Waals surface area contributed by atoms with Crippen LogP contribution in [0.3, 0.4) is 0 Å². The number of aromatic nitrogens is 1. The molecule has 4 nitrogen and oxygen atoms in total. The summed E-state index contributed by atoms with van der Waals surface area (Å²) in [5.74, 6) is -1.31. The van der Waals surface area contributed by atoms with Gasteiger partial charge in [-0.25, -0.2) is 4.79 Å². The van der Waals surface area contributed by atoms with Gasteiger partial charge < -0.3 is 9.47 Å². The average Bonchev–Trinajstić information content (AvgIpc) is 2.15. The lowest BCUT2D eigenvalue weighted by atomic mass is 10.2. The largest absolute Gasteiger partial charge is 0.477 e. The SMILES string of the molecule is CCOc1nc(F)ccc1C(=O)OC(C)(C)C. The van der Waals surface area contributed by atoms with Crippen LogP contribution in [0, 0.1) is 5.95 Å². The van der Waals surface area contributed by atoms with Gasteiger partial charge in [0.2, 0.25) is 11.8 Å². The normalized spacial score (nSPS) is 11.1. The summed E-state index contributed by atoms with van der Waals surface area (Å²) in [6.45, 7) is 7.28. The van der Waals surface area contributed by atoms with Gasteiger partial charge in [0.05, 0.1) is 6.61 Å². The molecule has 1 heterocycles. The highest BCUT2D eigenvalue weighted by atomic mass is 19.1. The zero-order valence-electron chi connectivity index (χ0n) is 10.4. The smallest absolute Gasteiger partial charge is 0.344 e. The lowest BCUT2D eigenvalue weighted by molar-refractivity contribution is 0.00650. The van der Waals surface area contributed by atoms with E-state index in [-0.39, 0.29) is 11.4 Å². The van der Waals surface area contributed by atoms with E-state index < -0.39 is 17.5 Å². The molecule has 0 N–H and O–H groups in total. The number of halogens is 1. The summed E-state index contributed by atoms with van der Waals surface area (Å²) in [6, 6.07) is 2.41. The zero-order chi connectivity index (χ0) is 13.1. The second-order valence-electron chi connectivity index (χ2n) is 4.42. The third kappa shape index (κ3) is 4.01. The predicted octanol–water partition coefficient (Wildman–Crippen LogP) is 2.57. The van der Waals surface area contributed by atoms with Crippen LogP contribution in [0.5, 0.6) is 5.88 Å². The van der Waals surface area contributed by atoms with Crippen LogP contribution in [0.25, 0.3) is 0 Å². The predicted molar refractivity (Wildman–Crippen MR) is 60.5 cm³/mol. The van der Waals surface area contributed by atoms with Crippen molar-refractivity contribution in [1.82, 2.24) is 4.98 Å². The van der Waals surface area contributed by atoms with E-state index in [2.05, 4.69) is 4.98 Å². The number of carbonyl (C=O) groups excluding carboxylic acids is 1. The van der Waals surface area contributed by atoms with Gasteiger partial charge in [0.15, 0.2) is 0 Å². The molecule has 94 valence electrons. The van der Waals surface area contributed by atoms with Crippen molar-refractivity contribution in [3.8, 4) is 5.88 Å². The number of rotatable bonds is 3. The van der Waals surface area contributed by atoms with E-state index in [1.165, 1.54) is 6.07 Å². The van der Waals surface area contributed by atoms with Crippen molar-refractivity contribution in [2.75, 3.05) is 6.61 Å². The van der Waals surface area contributed by atoms with Crippen molar-refractivity contribution in [2.24, 2.45) is 0 Å². The van der Waals surface area contributed by atoms with Gasteiger partial charge in [-0.3, -0.25) is 0 Å². The maximum absolute atomic E-state index is 12.9. The highest BCUT2D eigenvalue weighted by molar-refractivity contribution is 5.92. The molecule has 0 spiro atoms. The van der Waals surface area contributed by atoms with E-state index in [9.17, 15) is 9.18 Å². The molecule has 5 heteroatoms. The molecule has 0 aromatic carbocycles. The van der Waals surface area contributed by atoms with E-state index in [1.54, 1.807) is 27.7 Å². The molecular formula is C12H16FNO3. The van der Waals surface area contributed by atoms with Crippen molar-refractivity contribution in [1.29, 1.82) is 0 Å². The molecule has 0 aliphatic rings. The maximum Gasteiger partial charge on any atom is 0.344 e. The molecule has 0 saturated heterocycles. The molecule has 1 aromatic heterocycles. The van der Waals surface area contributed by atoms with Gasteiger partial charge in [0.25, 0.3) is 0 Å². The minimum atomic E-state index is -0.694. The van der Waals surface area contributed by atoms with E-state index in [4.69, 9.17) is 9.47 Å². The Labute approximate surface area is 99.8 Å². The summed E-state index contributed by atoms with van der Waals surface area (Å²) < 4.78 is 23.2. The Morgan fingerprint density at radius 3 is 2.59 bits per heavy atom. The van der Waals surface area contributed by atoms with Gasteiger partial charge in [-0.15, -0.1) is 0 Å². The quantitative estimate of drug-likeness (QED) is 0.602. The molecule has 0 unspecified atom stereocenters. The average molecular weight is 241 g/mol. The van der Waals surface area contributed by atoms with Crippen molar-refractivity contribution in [2.45, 2.75) is 33.3 Å². The Morgan fingerprint density at radius 2 is 2.06 bits per heavy atom. The Kier molecular flexibility index (Phi) is 4.04. The molecule has 0 aliphatic heterocycles. The highest BCUT2D eigenvalue weighted by Gasteiger charge is 2.22. The van der Waals surface area contributed by atoms with Gasteiger partial charge in [-0.1, -0.05) is 0 Å². The van der Waals surface area contributed by atoms with E-state index in [0.29, 0.717) is 6.61 Å². The number of nitrogens with zero attached hydrogens (tertiary/aromatic N) is 1. The minimum Gasteiger partial charge on any atom is -0.477 e. The van der Waals surface area contributed by atoms with Gasteiger partial charge in [0, 0.05) is 0 Å². The third-order valence-corrected chi connectivity index (χ3v) is 1.73. The first-order chi connectivity index (χ1) is 7.83. The first-order valence-corrected chi connectivity index (χ1v) is 5.36. The maximum atomic E-state index is 12.9. The fraction of sp³-hybridized carbons (Fsp3) is 0.500. The van der Waals surface area contributed by atoms with Crippen molar-refractivity contribution < 1.29 is 18.7 Å². The summed E-state index contributed by atoms with van der Waals surface area (Å²) in [6.07, 6.45) is 0. The van der Waals surface area contributed by atoms with Crippen LogP contribution in [0.4, 0.5) is 4.39 Å². The molecule has 17 heavy (non-hydrogen) atoms. The topological polar surface area (TPSA) is 48.4 Å². The summed E-state index contributed by atoms with van der Waals surface area (Å²) >= 11 is 0. The molecular weight excluding hydrogens is 225 g/mol. The second-order valence-corrected chi connectivity index (χ2v) is 4.42. The van der Waals surface area contributed by atoms with Crippen LogP contribution in [0.2, 0.25) is 0 Å². The Morgan fingerprint density at radius 1 is 1.41 bits per heavy atom. The van der Waals surface area contributed by atoms with Crippen molar-refractivity contribution in [3.05, 3.63) is 23.6 Å². The number of esters is 1. The molecule has 0 aliphatic carbocycles. The Hall–Kier alpha value is -1.65. The third-order valence-electron chi connectivity index (χ3n) is 1.73. The van der Waals surface area contributed by atoms with Crippen LogP contribution < -0.4 is 4.74 Å². The fourth-order valence-corrected chi connectivity index (χ4v) is 1.15. The monoisotopic (exact) mass is 241 g/mol. The van der Waals surface area contributed by atoms with Crippen LogP contribution in [0.1, 0.15) is 38.1 Å². The molecule has 1 aromatic rings. The fourth-order valence-electron chi connectivity index (χ4n) is 1.15. The number of hydrogen-bond acceptors (Lipinski definition) is 4. The number of hydrogen-bond donors (Lipinski definition) is 0. The first-order valence-electron chi connectivity index (χ1n) is 5.36. The van der Waals surface area contributed by atoms with E-state index >= 15 is 0 Å². The lowest BCUT2D eigenvalue weighted by Gasteiger charge is -2.20. The second kappa shape index (κ2) is 5.12. The number of pyridine rings is 1. The summed E-state index contributed by atoms with van der Waals surface area (Å²) in [4.78, 5) is 15.3. The summed E-state index contributed by atoms with van der Waals surface area (Å²) in [7, 11) is 0.